The Bertz CT molecular complexity index is 1880. The molecule has 0 aliphatic heterocycles. The third-order valence-electron chi connectivity index (χ3n) is 7.80. The summed E-state index contributed by atoms with van der Waals surface area (Å²) in [4.78, 5) is 54.7. The van der Waals surface area contributed by atoms with Gasteiger partial charge in [0.05, 0.1) is 22.3 Å². The van der Waals surface area contributed by atoms with Crippen LogP contribution in [0.2, 0.25) is 0 Å². The van der Waals surface area contributed by atoms with Crippen LogP contribution in [0.25, 0.3) is 0 Å². The number of likely N-dealkylation sites (N-methyl/N-ethyl adjacent to an activating group) is 2. The fourth-order valence-corrected chi connectivity index (χ4v) is 4.48. The minimum Gasteiger partial charge on any atom is -0.428 e. The minimum absolute atomic E-state index is 0.219. The van der Waals surface area contributed by atoms with Gasteiger partial charge in [-0.1, -0.05) is 19.1 Å². The number of ether oxygens (including phenoxy) is 4. The van der Waals surface area contributed by atoms with E-state index in [0.29, 0.717) is 16.9 Å². The molecule has 0 radical (unpaired) electrons. The van der Waals surface area contributed by atoms with E-state index >= 15 is 0 Å². The van der Waals surface area contributed by atoms with Crippen LogP contribution in [-0.4, -0.2) is 67.9 Å². The van der Waals surface area contributed by atoms with Crippen LogP contribution in [0.15, 0.2) is 121 Å². The Kier molecular flexibility index (Phi) is 13.4. The van der Waals surface area contributed by atoms with Crippen molar-refractivity contribution in [3.8, 4) is 17.2 Å². The zero-order valence-electron chi connectivity index (χ0n) is 29.7. The summed E-state index contributed by atoms with van der Waals surface area (Å²) in [6.07, 6.45) is 4.51. The molecule has 0 heterocycles. The van der Waals surface area contributed by atoms with Crippen molar-refractivity contribution < 1.29 is 38.1 Å². The van der Waals surface area contributed by atoms with E-state index in [1.807, 2.05) is 53.2 Å². The molecule has 0 amide bonds. The number of rotatable bonds is 14. The lowest BCUT2D eigenvalue weighted by molar-refractivity contribution is 0.0624. The standard InChI is InChI=1S/C41H42N2O8/c1-7-30-10-12-31(13-11-30)39(45)49-36-22-16-33(17-23-36)41(47)51-37-24-18-34(19-25-37)40(46)50-35-20-14-32(15-21-35)38(44)48-29(3)9-8-28(2)43(6)27-26-42(4)5/h8-25H,7,26-27H2,1-6H3. The van der Waals surface area contributed by atoms with Crippen molar-refractivity contribution in [2.45, 2.75) is 27.2 Å². The van der Waals surface area contributed by atoms with Gasteiger partial charge < -0.3 is 28.7 Å². The van der Waals surface area contributed by atoms with Crippen LogP contribution in [0.3, 0.4) is 0 Å². The molecule has 10 nitrogen and oxygen atoms in total. The lowest BCUT2D eigenvalue weighted by Gasteiger charge is -2.21. The zero-order chi connectivity index (χ0) is 36.9. The first-order chi connectivity index (χ1) is 24.4. The van der Waals surface area contributed by atoms with Crippen LogP contribution < -0.4 is 14.2 Å². The summed E-state index contributed by atoms with van der Waals surface area (Å²) in [5, 5.41) is 0. The molecule has 0 spiro atoms. The van der Waals surface area contributed by atoms with Gasteiger partial charge in [0.2, 0.25) is 0 Å². The van der Waals surface area contributed by atoms with Gasteiger partial charge in [0.15, 0.2) is 0 Å². The average molecular weight is 691 g/mol. The molecule has 10 heteroatoms. The third-order valence-corrected chi connectivity index (χ3v) is 7.80. The molecule has 0 fully saturated rings. The van der Waals surface area contributed by atoms with E-state index in [4.69, 9.17) is 18.9 Å². The van der Waals surface area contributed by atoms with Crippen LogP contribution in [0.4, 0.5) is 0 Å². The number of hydrogen-bond acceptors (Lipinski definition) is 10. The molecule has 0 saturated carbocycles. The summed E-state index contributed by atoms with van der Waals surface area (Å²) in [6.45, 7) is 7.52. The number of allylic oxidation sites excluding steroid dienone is 4. The monoisotopic (exact) mass is 690 g/mol. The summed E-state index contributed by atoms with van der Waals surface area (Å²) in [5.74, 6) is -1.11. The maximum atomic E-state index is 12.7. The van der Waals surface area contributed by atoms with Gasteiger partial charge in [0, 0.05) is 25.8 Å². The Morgan fingerprint density at radius 2 is 0.902 bits per heavy atom. The molecule has 0 aromatic heterocycles. The molecule has 0 aliphatic rings. The summed E-state index contributed by atoms with van der Waals surface area (Å²) >= 11 is 0. The third kappa shape index (κ3) is 11.5. The van der Waals surface area contributed by atoms with E-state index in [1.54, 1.807) is 25.1 Å². The van der Waals surface area contributed by atoms with Gasteiger partial charge in [-0.3, -0.25) is 0 Å². The van der Waals surface area contributed by atoms with Gasteiger partial charge in [-0.05, 0) is 137 Å². The van der Waals surface area contributed by atoms with Gasteiger partial charge in [-0.25, -0.2) is 19.2 Å². The fraction of sp³-hybridized carbons (Fsp3) is 0.220. The molecule has 0 bridgehead atoms. The minimum atomic E-state index is -0.633. The summed E-state index contributed by atoms with van der Waals surface area (Å²) in [5.41, 5.74) is 3.35. The Balaban J connectivity index is 1.25. The summed E-state index contributed by atoms with van der Waals surface area (Å²) in [7, 11) is 6.05. The zero-order valence-corrected chi connectivity index (χ0v) is 29.7. The molecular formula is C41H42N2O8. The van der Waals surface area contributed by atoms with E-state index in [9.17, 15) is 19.2 Å². The Morgan fingerprint density at radius 3 is 1.27 bits per heavy atom. The van der Waals surface area contributed by atoms with Gasteiger partial charge >= 0.3 is 23.9 Å². The molecule has 0 saturated heterocycles. The Hall–Kier alpha value is -6.00. The quantitative estimate of drug-likeness (QED) is 0.0576. The predicted molar refractivity (Wildman–Crippen MR) is 194 cm³/mol. The molecule has 0 unspecified atom stereocenters. The first-order valence-corrected chi connectivity index (χ1v) is 16.4. The number of carbonyl (C=O) groups excluding carboxylic acids is 4. The first-order valence-electron chi connectivity index (χ1n) is 16.4. The first kappa shape index (κ1) is 37.8. The molecule has 4 aromatic rings. The van der Waals surface area contributed by atoms with Gasteiger partial charge in [0.25, 0.3) is 0 Å². The molecule has 51 heavy (non-hydrogen) atoms. The van der Waals surface area contributed by atoms with Crippen molar-refractivity contribution in [2.24, 2.45) is 0 Å². The largest absolute Gasteiger partial charge is 0.428 e. The highest BCUT2D eigenvalue weighted by molar-refractivity contribution is 5.94. The second-order valence-corrected chi connectivity index (χ2v) is 12.0. The van der Waals surface area contributed by atoms with Gasteiger partial charge in [-0.15, -0.1) is 0 Å². The van der Waals surface area contributed by atoms with Crippen LogP contribution in [0, 0.1) is 0 Å². The van der Waals surface area contributed by atoms with Gasteiger partial charge in [0.1, 0.15) is 23.0 Å². The van der Waals surface area contributed by atoms with E-state index < -0.39 is 23.9 Å². The Morgan fingerprint density at radius 1 is 0.529 bits per heavy atom. The van der Waals surface area contributed by atoms with E-state index in [1.165, 1.54) is 72.8 Å². The van der Waals surface area contributed by atoms with Crippen LogP contribution in [0.5, 0.6) is 17.2 Å². The normalized spacial score (nSPS) is 11.5. The van der Waals surface area contributed by atoms with Crippen molar-refractivity contribution >= 4 is 23.9 Å². The molecule has 0 aliphatic carbocycles. The second-order valence-electron chi connectivity index (χ2n) is 12.0. The number of nitrogens with zero attached hydrogens (tertiary/aromatic N) is 2. The highest BCUT2D eigenvalue weighted by atomic mass is 16.5. The molecule has 264 valence electrons. The topological polar surface area (TPSA) is 112 Å². The van der Waals surface area contributed by atoms with Crippen molar-refractivity contribution in [2.75, 3.05) is 34.2 Å². The van der Waals surface area contributed by atoms with Gasteiger partial charge in [-0.2, -0.15) is 0 Å². The summed E-state index contributed by atoms with van der Waals surface area (Å²) < 4.78 is 21.7. The highest BCUT2D eigenvalue weighted by Gasteiger charge is 2.15. The predicted octanol–water partition coefficient (Wildman–Crippen LogP) is 7.36. The fourth-order valence-electron chi connectivity index (χ4n) is 4.48. The SMILES string of the molecule is CCc1ccc(C(=O)Oc2ccc(C(=O)Oc3ccc(C(=O)Oc4ccc(C(=O)OC(C)=CC=C(C)N(C)CCN(C)C)cc4)cc3)cc2)cc1. The number of benzene rings is 4. The second kappa shape index (κ2) is 18.1. The van der Waals surface area contributed by atoms with Crippen molar-refractivity contribution in [1.82, 2.24) is 9.80 Å². The van der Waals surface area contributed by atoms with E-state index in [-0.39, 0.29) is 28.4 Å². The maximum Gasteiger partial charge on any atom is 0.343 e. The van der Waals surface area contributed by atoms with Crippen LogP contribution >= 0.6 is 0 Å². The van der Waals surface area contributed by atoms with Crippen LogP contribution in [0.1, 0.15) is 67.8 Å². The molecular weight excluding hydrogens is 648 g/mol. The number of carbonyl (C=O) groups is 4. The van der Waals surface area contributed by atoms with E-state index in [2.05, 4.69) is 9.80 Å². The van der Waals surface area contributed by atoms with Crippen LogP contribution in [-0.2, 0) is 11.2 Å². The lowest BCUT2D eigenvalue weighted by Crippen LogP contribution is -2.27. The highest BCUT2D eigenvalue weighted by Crippen LogP contribution is 2.20. The van der Waals surface area contributed by atoms with Crippen molar-refractivity contribution in [1.29, 1.82) is 0 Å². The lowest BCUT2D eigenvalue weighted by atomic mass is 10.1. The van der Waals surface area contributed by atoms with Crippen molar-refractivity contribution in [3.63, 3.8) is 0 Å². The average Bonchev–Trinajstić information content (AvgIpc) is 3.13. The smallest absolute Gasteiger partial charge is 0.343 e. The van der Waals surface area contributed by atoms with Crippen molar-refractivity contribution in [3.05, 3.63) is 148 Å². The molecule has 0 N–H and O–H groups in total. The number of hydrogen-bond donors (Lipinski definition) is 0. The van der Waals surface area contributed by atoms with E-state index in [0.717, 1.165) is 30.8 Å². The molecule has 0 atom stereocenters. The number of aryl methyl sites for hydroxylation is 1. The summed E-state index contributed by atoms with van der Waals surface area (Å²) in [6, 6.07) is 25.1. The molecule has 4 aromatic carbocycles. The Labute approximate surface area is 298 Å². The molecule has 4 rings (SSSR count). The maximum absolute atomic E-state index is 12.7. The number of esters is 4.